The van der Waals surface area contributed by atoms with Crippen LogP contribution in [0, 0.1) is 5.92 Å². The normalized spacial score (nSPS) is 15.2. The molecular weight excluding hydrogens is 210 g/mol. The predicted octanol–water partition coefficient (Wildman–Crippen LogP) is 2.45. The topological polar surface area (TPSA) is 42.1 Å². The van der Waals surface area contributed by atoms with Gasteiger partial charge in [0.1, 0.15) is 0 Å². The van der Waals surface area contributed by atoms with Gasteiger partial charge in [0.2, 0.25) is 0 Å². The van der Waals surface area contributed by atoms with Crippen molar-refractivity contribution >= 4 is 0 Å². The summed E-state index contributed by atoms with van der Waals surface area (Å²) in [7, 11) is 2.14. The lowest BCUT2D eigenvalue weighted by Gasteiger charge is -2.33. The molecule has 2 N–H and O–H groups in total. The average Bonchev–Trinajstić information content (AvgIpc) is 2.30. The van der Waals surface area contributed by atoms with E-state index in [1.165, 1.54) is 6.42 Å². The van der Waals surface area contributed by atoms with Gasteiger partial charge in [0.25, 0.3) is 0 Å². The van der Waals surface area contributed by atoms with E-state index in [4.69, 9.17) is 5.73 Å². The second kappa shape index (κ2) is 6.72. The van der Waals surface area contributed by atoms with Crippen LogP contribution in [0.15, 0.2) is 24.4 Å². The van der Waals surface area contributed by atoms with Crippen molar-refractivity contribution in [2.45, 2.75) is 39.3 Å². The van der Waals surface area contributed by atoms with Crippen molar-refractivity contribution in [2.75, 3.05) is 13.6 Å². The summed E-state index contributed by atoms with van der Waals surface area (Å²) in [6.07, 6.45) is 3.01. The number of hydrogen-bond donors (Lipinski definition) is 1. The predicted molar refractivity (Wildman–Crippen MR) is 72.7 cm³/mol. The summed E-state index contributed by atoms with van der Waals surface area (Å²) in [5.74, 6) is 0.703. The second-order valence-corrected chi connectivity index (χ2v) is 5.15. The van der Waals surface area contributed by atoms with E-state index in [9.17, 15) is 0 Å². The lowest BCUT2D eigenvalue weighted by Crippen LogP contribution is -2.38. The number of nitrogens with two attached hydrogens (primary N) is 1. The Morgan fingerprint density at radius 1 is 1.29 bits per heavy atom. The molecule has 0 bridgehead atoms. The quantitative estimate of drug-likeness (QED) is 0.823. The number of rotatable bonds is 6. The molecule has 1 heterocycles. The first-order valence-corrected chi connectivity index (χ1v) is 6.39. The van der Waals surface area contributed by atoms with Crippen molar-refractivity contribution in [2.24, 2.45) is 11.7 Å². The zero-order chi connectivity index (χ0) is 12.8. The fraction of sp³-hybridized carbons (Fsp3) is 0.643. The molecule has 0 amide bonds. The maximum absolute atomic E-state index is 5.89. The largest absolute Gasteiger partial charge is 0.329 e. The van der Waals surface area contributed by atoms with Crippen molar-refractivity contribution in [3.05, 3.63) is 30.1 Å². The van der Waals surface area contributed by atoms with Crippen molar-refractivity contribution in [3.63, 3.8) is 0 Å². The molecule has 0 saturated heterocycles. The fourth-order valence-electron chi connectivity index (χ4n) is 2.22. The van der Waals surface area contributed by atoms with E-state index in [0.29, 0.717) is 18.5 Å². The van der Waals surface area contributed by atoms with E-state index in [1.807, 2.05) is 18.3 Å². The minimum absolute atomic E-state index is 0.213. The molecule has 1 aromatic heterocycles. The monoisotopic (exact) mass is 235 g/mol. The molecule has 17 heavy (non-hydrogen) atoms. The van der Waals surface area contributed by atoms with Gasteiger partial charge in [0.15, 0.2) is 0 Å². The lowest BCUT2D eigenvalue weighted by atomic mass is 10.0. The van der Waals surface area contributed by atoms with Crippen LogP contribution >= 0.6 is 0 Å². The Kier molecular flexibility index (Phi) is 5.59. The molecule has 1 aromatic rings. The average molecular weight is 235 g/mol. The Hall–Kier alpha value is -0.930. The van der Waals surface area contributed by atoms with Gasteiger partial charge in [-0.2, -0.15) is 0 Å². The summed E-state index contributed by atoms with van der Waals surface area (Å²) in [4.78, 5) is 6.75. The molecule has 3 heteroatoms. The number of likely N-dealkylation sites (N-methyl/N-ethyl adjacent to an activating group) is 1. The Labute approximate surface area is 105 Å². The van der Waals surface area contributed by atoms with Crippen LogP contribution in [0.4, 0.5) is 0 Å². The zero-order valence-corrected chi connectivity index (χ0v) is 11.4. The van der Waals surface area contributed by atoms with Crippen LogP contribution in [0.3, 0.4) is 0 Å². The van der Waals surface area contributed by atoms with Crippen LogP contribution in [0.5, 0.6) is 0 Å². The van der Waals surface area contributed by atoms with Gasteiger partial charge in [-0.1, -0.05) is 19.9 Å². The molecule has 0 aliphatic carbocycles. The first kappa shape index (κ1) is 14.1. The third kappa shape index (κ3) is 4.10. The Morgan fingerprint density at radius 3 is 2.47 bits per heavy atom. The van der Waals surface area contributed by atoms with Crippen LogP contribution < -0.4 is 5.73 Å². The number of aromatic nitrogens is 1. The fourth-order valence-corrected chi connectivity index (χ4v) is 2.22. The van der Waals surface area contributed by atoms with Crippen LogP contribution in [0.25, 0.3) is 0 Å². The lowest BCUT2D eigenvalue weighted by molar-refractivity contribution is 0.166. The first-order valence-electron chi connectivity index (χ1n) is 6.39. The van der Waals surface area contributed by atoms with Crippen molar-refractivity contribution in [3.8, 4) is 0 Å². The van der Waals surface area contributed by atoms with Crippen molar-refractivity contribution < 1.29 is 0 Å². The summed E-state index contributed by atoms with van der Waals surface area (Å²) < 4.78 is 0. The van der Waals surface area contributed by atoms with Gasteiger partial charge < -0.3 is 5.73 Å². The first-order chi connectivity index (χ1) is 8.06. The van der Waals surface area contributed by atoms with Crippen LogP contribution in [0.2, 0.25) is 0 Å². The Balaban J connectivity index is 2.74. The van der Waals surface area contributed by atoms with E-state index in [2.05, 4.69) is 43.8 Å². The van der Waals surface area contributed by atoms with Gasteiger partial charge in [-0.3, -0.25) is 9.88 Å². The van der Waals surface area contributed by atoms with E-state index in [0.717, 1.165) is 5.69 Å². The highest BCUT2D eigenvalue weighted by Crippen LogP contribution is 2.21. The van der Waals surface area contributed by atoms with Gasteiger partial charge in [0.05, 0.1) is 11.7 Å². The molecule has 2 atom stereocenters. The van der Waals surface area contributed by atoms with Gasteiger partial charge >= 0.3 is 0 Å². The molecule has 0 radical (unpaired) electrons. The molecule has 96 valence electrons. The van der Waals surface area contributed by atoms with E-state index in [-0.39, 0.29) is 6.04 Å². The highest BCUT2D eigenvalue weighted by atomic mass is 15.2. The third-order valence-electron chi connectivity index (χ3n) is 3.25. The van der Waals surface area contributed by atoms with Crippen LogP contribution in [0.1, 0.15) is 38.9 Å². The molecule has 0 fully saturated rings. The summed E-state index contributed by atoms with van der Waals surface area (Å²) in [6, 6.07) is 6.74. The minimum atomic E-state index is 0.213. The van der Waals surface area contributed by atoms with Gasteiger partial charge in [0, 0.05) is 18.8 Å². The standard InChI is InChI=1S/C14H25N3/c1-11(2)9-12(3)17(4)14(10-15)13-7-5-6-8-16-13/h5-8,11-12,14H,9-10,15H2,1-4H3. The van der Waals surface area contributed by atoms with Crippen LogP contribution in [-0.2, 0) is 0 Å². The number of hydrogen-bond acceptors (Lipinski definition) is 3. The number of pyridine rings is 1. The van der Waals surface area contributed by atoms with Gasteiger partial charge in [-0.15, -0.1) is 0 Å². The SMILES string of the molecule is CC(C)CC(C)N(C)C(CN)c1ccccn1. The smallest absolute Gasteiger partial charge is 0.0644 e. The molecule has 2 unspecified atom stereocenters. The molecule has 1 rings (SSSR count). The summed E-state index contributed by atoms with van der Waals surface area (Å²) in [6.45, 7) is 7.37. The van der Waals surface area contributed by atoms with Gasteiger partial charge in [-0.25, -0.2) is 0 Å². The van der Waals surface area contributed by atoms with Crippen LogP contribution in [-0.4, -0.2) is 29.5 Å². The summed E-state index contributed by atoms with van der Waals surface area (Å²) >= 11 is 0. The highest BCUT2D eigenvalue weighted by Gasteiger charge is 2.21. The molecule has 0 aliphatic heterocycles. The van der Waals surface area contributed by atoms with Gasteiger partial charge in [-0.05, 0) is 38.4 Å². The minimum Gasteiger partial charge on any atom is -0.329 e. The summed E-state index contributed by atoms with van der Waals surface area (Å²) in [5, 5.41) is 0. The molecule has 0 spiro atoms. The highest BCUT2D eigenvalue weighted by molar-refractivity contribution is 5.09. The molecule has 0 saturated carbocycles. The molecule has 3 nitrogen and oxygen atoms in total. The number of nitrogens with zero attached hydrogens (tertiary/aromatic N) is 2. The van der Waals surface area contributed by atoms with Crippen molar-refractivity contribution in [1.29, 1.82) is 0 Å². The second-order valence-electron chi connectivity index (χ2n) is 5.15. The van der Waals surface area contributed by atoms with Crippen molar-refractivity contribution in [1.82, 2.24) is 9.88 Å². The maximum atomic E-state index is 5.89. The third-order valence-corrected chi connectivity index (χ3v) is 3.25. The van der Waals surface area contributed by atoms with E-state index < -0.39 is 0 Å². The summed E-state index contributed by atoms with van der Waals surface area (Å²) in [5.41, 5.74) is 6.96. The van der Waals surface area contributed by atoms with E-state index >= 15 is 0 Å². The Bertz CT molecular complexity index is 311. The molecule has 0 aromatic carbocycles. The Morgan fingerprint density at radius 2 is 2.00 bits per heavy atom. The van der Waals surface area contributed by atoms with E-state index in [1.54, 1.807) is 0 Å². The zero-order valence-electron chi connectivity index (χ0n) is 11.4. The molecular formula is C14H25N3. The maximum Gasteiger partial charge on any atom is 0.0644 e. The molecule has 0 aliphatic rings.